The van der Waals surface area contributed by atoms with E-state index in [9.17, 15) is 9.18 Å². The first-order valence-electron chi connectivity index (χ1n) is 8.59. The summed E-state index contributed by atoms with van der Waals surface area (Å²) in [5.74, 6) is 0.344. The molecule has 0 aliphatic carbocycles. The van der Waals surface area contributed by atoms with Crippen LogP contribution in [0, 0.1) is 5.82 Å². The monoisotopic (exact) mass is 378 g/mol. The van der Waals surface area contributed by atoms with E-state index < -0.39 is 11.7 Å². The van der Waals surface area contributed by atoms with Crippen molar-refractivity contribution in [2.24, 2.45) is 5.10 Å². The van der Waals surface area contributed by atoms with E-state index in [1.54, 1.807) is 25.3 Å². The van der Waals surface area contributed by atoms with Gasteiger partial charge in [-0.1, -0.05) is 30.3 Å². The first kappa shape index (κ1) is 19.1. The highest BCUT2D eigenvalue weighted by Gasteiger charge is 2.06. The van der Waals surface area contributed by atoms with Gasteiger partial charge in [-0.05, 0) is 53.6 Å². The third-order valence-electron chi connectivity index (χ3n) is 3.91. The number of rotatable bonds is 7. The molecule has 0 saturated heterocycles. The van der Waals surface area contributed by atoms with Gasteiger partial charge in [0, 0.05) is 5.56 Å². The van der Waals surface area contributed by atoms with Gasteiger partial charge in [-0.2, -0.15) is 5.10 Å². The number of carbonyl (C=O) groups is 1. The summed E-state index contributed by atoms with van der Waals surface area (Å²) in [5.41, 5.74) is 4.50. The van der Waals surface area contributed by atoms with Crippen molar-refractivity contribution in [1.82, 2.24) is 5.43 Å². The Kier molecular flexibility index (Phi) is 6.36. The number of ether oxygens (including phenoxy) is 2. The van der Waals surface area contributed by atoms with Crippen LogP contribution in [0.15, 0.2) is 77.9 Å². The number of hydrazone groups is 1. The maximum absolute atomic E-state index is 12.9. The minimum atomic E-state index is -0.425. The SMILES string of the molecule is COc1cc(/C=N\NC(=O)c2ccc(F)cc2)ccc1OCc1ccccc1. The summed E-state index contributed by atoms with van der Waals surface area (Å²) in [6.07, 6.45) is 1.49. The third kappa shape index (κ3) is 5.17. The number of methoxy groups -OCH3 is 1. The second kappa shape index (κ2) is 9.32. The fourth-order valence-corrected chi connectivity index (χ4v) is 2.45. The van der Waals surface area contributed by atoms with E-state index in [1.807, 2.05) is 30.3 Å². The summed E-state index contributed by atoms with van der Waals surface area (Å²) in [5, 5.41) is 3.92. The first-order chi connectivity index (χ1) is 13.7. The highest BCUT2D eigenvalue weighted by atomic mass is 19.1. The van der Waals surface area contributed by atoms with E-state index >= 15 is 0 Å². The zero-order valence-electron chi connectivity index (χ0n) is 15.3. The van der Waals surface area contributed by atoms with Crippen LogP contribution in [0.25, 0.3) is 0 Å². The van der Waals surface area contributed by atoms with Crippen molar-refractivity contribution in [3.63, 3.8) is 0 Å². The van der Waals surface area contributed by atoms with Crippen LogP contribution in [0.5, 0.6) is 11.5 Å². The van der Waals surface area contributed by atoms with Crippen molar-refractivity contribution in [1.29, 1.82) is 0 Å². The van der Waals surface area contributed by atoms with Crippen molar-refractivity contribution in [3.05, 3.63) is 95.3 Å². The van der Waals surface area contributed by atoms with Gasteiger partial charge in [0.05, 0.1) is 13.3 Å². The zero-order chi connectivity index (χ0) is 19.8. The molecule has 0 heterocycles. The highest BCUT2D eigenvalue weighted by Crippen LogP contribution is 2.28. The lowest BCUT2D eigenvalue weighted by molar-refractivity contribution is 0.0955. The fraction of sp³-hybridized carbons (Fsp3) is 0.0909. The molecule has 6 heteroatoms. The molecule has 3 aromatic rings. The van der Waals surface area contributed by atoms with E-state index in [0.717, 1.165) is 11.1 Å². The molecule has 28 heavy (non-hydrogen) atoms. The van der Waals surface area contributed by atoms with Gasteiger partial charge in [0.2, 0.25) is 0 Å². The van der Waals surface area contributed by atoms with Crippen LogP contribution in [-0.2, 0) is 6.61 Å². The Balaban J connectivity index is 1.61. The minimum absolute atomic E-state index is 0.320. The molecule has 0 unspecified atom stereocenters. The van der Waals surface area contributed by atoms with E-state index in [-0.39, 0.29) is 0 Å². The molecule has 0 aromatic heterocycles. The predicted octanol–water partition coefficient (Wildman–Crippen LogP) is 4.18. The molecule has 3 rings (SSSR count). The molecule has 142 valence electrons. The topological polar surface area (TPSA) is 59.9 Å². The molecular formula is C22H19FN2O3. The second-order valence-corrected chi connectivity index (χ2v) is 5.89. The minimum Gasteiger partial charge on any atom is -0.493 e. The Morgan fingerprint density at radius 3 is 2.50 bits per heavy atom. The number of nitrogens with zero attached hydrogens (tertiary/aromatic N) is 1. The molecule has 1 amide bonds. The molecule has 0 bridgehead atoms. The van der Waals surface area contributed by atoms with Crippen LogP contribution in [0.2, 0.25) is 0 Å². The molecule has 5 nitrogen and oxygen atoms in total. The average Bonchev–Trinajstić information content (AvgIpc) is 2.73. The van der Waals surface area contributed by atoms with Gasteiger partial charge < -0.3 is 9.47 Å². The van der Waals surface area contributed by atoms with Gasteiger partial charge in [0.25, 0.3) is 5.91 Å². The maximum atomic E-state index is 12.9. The van der Waals surface area contributed by atoms with Crippen molar-refractivity contribution >= 4 is 12.1 Å². The normalized spacial score (nSPS) is 10.6. The van der Waals surface area contributed by atoms with Gasteiger partial charge in [0.15, 0.2) is 11.5 Å². The van der Waals surface area contributed by atoms with Crippen molar-refractivity contribution < 1.29 is 18.7 Å². The number of nitrogens with one attached hydrogen (secondary N) is 1. The number of benzene rings is 3. The molecule has 0 fully saturated rings. The summed E-state index contributed by atoms with van der Waals surface area (Å²) in [6.45, 7) is 0.429. The van der Waals surface area contributed by atoms with Gasteiger partial charge in [-0.15, -0.1) is 0 Å². The quantitative estimate of drug-likeness (QED) is 0.496. The van der Waals surface area contributed by atoms with E-state index in [2.05, 4.69) is 10.5 Å². The van der Waals surface area contributed by atoms with Crippen LogP contribution in [0.1, 0.15) is 21.5 Å². The Hall–Kier alpha value is -3.67. The molecule has 0 radical (unpaired) electrons. The van der Waals surface area contributed by atoms with Gasteiger partial charge in [-0.25, -0.2) is 9.82 Å². The lowest BCUT2D eigenvalue weighted by Crippen LogP contribution is -2.17. The fourth-order valence-electron chi connectivity index (χ4n) is 2.45. The van der Waals surface area contributed by atoms with Gasteiger partial charge >= 0.3 is 0 Å². The lowest BCUT2D eigenvalue weighted by Gasteiger charge is -2.11. The van der Waals surface area contributed by atoms with Crippen LogP contribution < -0.4 is 14.9 Å². The van der Waals surface area contributed by atoms with Crippen molar-refractivity contribution in [2.75, 3.05) is 7.11 Å². The summed E-state index contributed by atoms with van der Waals surface area (Å²) in [7, 11) is 1.56. The first-order valence-corrected chi connectivity index (χ1v) is 8.59. The van der Waals surface area contributed by atoms with Crippen LogP contribution in [0.4, 0.5) is 4.39 Å². The second-order valence-electron chi connectivity index (χ2n) is 5.89. The maximum Gasteiger partial charge on any atom is 0.271 e. The molecule has 0 atom stereocenters. The largest absolute Gasteiger partial charge is 0.493 e. The van der Waals surface area contributed by atoms with E-state index in [4.69, 9.17) is 9.47 Å². The number of carbonyl (C=O) groups excluding carboxylic acids is 1. The summed E-state index contributed by atoms with van der Waals surface area (Å²) >= 11 is 0. The average molecular weight is 378 g/mol. The number of hydrogen-bond donors (Lipinski definition) is 1. The Morgan fingerprint density at radius 2 is 1.79 bits per heavy atom. The highest BCUT2D eigenvalue weighted by molar-refractivity contribution is 5.94. The Bertz CT molecular complexity index is 957. The lowest BCUT2D eigenvalue weighted by atomic mass is 10.2. The Morgan fingerprint density at radius 1 is 1.04 bits per heavy atom. The molecular weight excluding hydrogens is 359 g/mol. The number of halogens is 1. The third-order valence-corrected chi connectivity index (χ3v) is 3.91. The summed E-state index contributed by atoms with van der Waals surface area (Å²) in [4.78, 5) is 12.0. The molecule has 0 saturated carbocycles. The molecule has 0 aliphatic heterocycles. The van der Waals surface area contributed by atoms with Crippen molar-refractivity contribution in [3.8, 4) is 11.5 Å². The molecule has 0 spiro atoms. The number of amides is 1. The predicted molar refractivity (Wildman–Crippen MR) is 105 cm³/mol. The van der Waals surface area contributed by atoms with Crippen molar-refractivity contribution in [2.45, 2.75) is 6.61 Å². The van der Waals surface area contributed by atoms with Gasteiger partial charge in [0.1, 0.15) is 12.4 Å². The van der Waals surface area contributed by atoms with Crippen LogP contribution in [-0.4, -0.2) is 19.2 Å². The standard InChI is InChI=1S/C22H19FN2O3/c1-27-21-13-17(7-12-20(21)28-15-16-5-3-2-4-6-16)14-24-25-22(26)18-8-10-19(23)11-9-18/h2-14H,15H2,1H3,(H,25,26)/b24-14-. The van der Waals surface area contributed by atoms with Crippen LogP contribution in [0.3, 0.4) is 0 Å². The summed E-state index contributed by atoms with van der Waals surface area (Å²) in [6, 6.07) is 20.4. The molecule has 3 aromatic carbocycles. The van der Waals surface area contributed by atoms with E-state index in [0.29, 0.717) is 23.7 Å². The Labute approximate surface area is 162 Å². The summed E-state index contributed by atoms with van der Waals surface area (Å²) < 4.78 is 24.1. The smallest absolute Gasteiger partial charge is 0.271 e. The van der Waals surface area contributed by atoms with E-state index in [1.165, 1.54) is 30.5 Å². The zero-order valence-corrected chi connectivity index (χ0v) is 15.3. The molecule has 0 aliphatic rings. The number of hydrogen-bond acceptors (Lipinski definition) is 4. The molecule has 1 N–H and O–H groups in total. The van der Waals surface area contributed by atoms with Crippen LogP contribution >= 0.6 is 0 Å². The van der Waals surface area contributed by atoms with Gasteiger partial charge in [-0.3, -0.25) is 4.79 Å².